The molecule has 1 aromatic rings. The molecule has 0 atom stereocenters. The van der Waals surface area contributed by atoms with Crippen LogP contribution in [0.5, 0.6) is 0 Å². The maximum absolute atomic E-state index is 5.73. The predicted octanol–water partition coefficient (Wildman–Crippen LogP) is 3.54. The Balaban J connectivity index is 1.43. The second-order valence-electron chi connectivity index (χ2n) is 6.44. The number of ether oxygens (including phenoxy) is 1. The quantitative estimate of drug-likeness (QED) is 0.769. The summed E-state index contributed by atoms with van der Waals surface area (Å²) in [6.07, 6.45) is 7.43. The van der Waals surface area contributed by atoms with Crippen molar-refractivity contribution in [3.63, 3.8) is 0 Å². The fourth-order valence-electron chi connectivity index (χ4n) is 3.61. The SMILES string of the molecule is C=CCOC1CC2(CCN(Cc3ccc(C)o3)CC2)C1. The van der Waals surface area contributed by atoms with E-state index in [1.54, 1.807) is 0 Å². The van der Waals surface area contributed by atoms with Crippen LogP contribution in [0, 0.1) is 12.3 Å². The summed E-state index contributed by atoms with van der Waals surface area (Å²) in [5.74, 6) is 2.11. The zero-order valence-corrected chi connectivity index (χ0v) is 12.4. The molecule has 1 aliphatic carbocycles. The molecule has 20 heavy (non-hydrogen) atoms. The van der Waals surface area contributed by atoms with Crippen LogP contribution in [0.15, 0.2) is 29.2 Å². The summed E-state index contributed by atoms with van der Waals surface area (Å²) in [5, 5.41) is 0. The largest absolute Gasteiger partial charge is 0.465 e. The minimum atomic E-state index is 0.479. The monoisotopic (exact) mass is 275 g/mol. The van der Waals surface area contributed by atoms with Crippen molar-refractivity contribution in [1.82, 2.24) is 4.90 Å². The number of hydrogen-bond donors (Lipinski definition) is 0. The Hall–Kier alpha value is -1.06. The Bertz CT molecular complexity index is 449. The van der Waals surface area contributed by atoms with E-state index in [0.29, 0.717) is 18.1 Å². The van der Waals surface area contributed by atoms with Gasteiger partial charge in [-0.05, 0) is 63.2 Å². The van der Waals surface area contributed by atoms with Gasteiger partial charge in [-0.25, -0.2) is 0 Å². The first-order valence-corrected chi connectivity index (χ1v) is 7.69. The van der Waals surface area contributed by atoms with E-state index in [0.717, 1.165) is 18.1 Å². The van der Waals surface area contributed by atoms with Gasteiger partial charge in [0.15, 0.2) is 0 Å². The first-order valence-electron chi connectivity index (χ1n) is 7.69. The fourth-order valence-corrected chi connectivity index (χ4v) is 3.61. The van der Waals surface area contributed by atoms with Crippen molar-refractivity contribution >= 4 is 0 Å². The van der Waals surface area contributed by atoms with Crippen LogP contribution in [0.3, 0.4) is 0 Å². The average Bonchev–Trinajstić information content (AvgIpc) is 2.81. The van der Waals surface area contributed by atoms with Crippen LogP contribution in [0.4, 0.5) is 0 Å². The molecule has 110 valence electrons. The van der Waals surface area contributed by atoms with Crippen LogP contribution in [0.25, 0.3) is 0 Å². The Morgan fingerprint density at radius 1 is 1.40 bits per heavy atom. The van der Waals surface area contributed by atoms with E-state index in [1.165, 1.54) is 38.8 Å². The molecular weight excluding hydrogens is 250 g/mol. The van der Waals surface area contributed by atoms with E-state index in [-0.39, 0.29) is 0 Å². The Morgan fingerprint density at radius 3 is 2.75 bits per heavy atom. The highest BCUT2D eigenvalue weighted by atomic mass is 16.5. The van der Waals surface area contributed by atoms with Crippen LogP contribution in [-0.4, -0.2) is 30.7 Å². The highest BCUT2D eigenvalue weighted by molar-refractivity contribution is 5.06. The van der Waals surface area contributed by atoms with Crippen LogP contribution in [-0.2, 0) is 11.3 Å². The summed E-state index contributed by atoms with van der Waals surface area (Å²) < 4.78 is 11.4. The summed E-state index contributed by atoms with van der Waals surface area (Å²) in [5.41, 5.74) is 0.571. The van der Waals surface area contributed by atoms with Gasteiger partial charge in [-0.3, -0.25) is 4.90 Å². The van der Waals surface area contributed by atoms with Gasteiger partial charge in [0.25, 0.3) is 0 Å². The Morgan fingerprint density at radius 2 is 2.15 bits per heavy atom. The van der Waals surface area contributed by atoms with Crippen molar-refractivity contribution < 1.29 is 9.15 Å². The van der Waals surface area contributed by atoms with E-state index < -0.39 is 0 Å². The molecule has 0 aromatic carbocycles. The summed E-state index contributed by atoms with van der Waals surface area (Å²) in [4.78, 5) is 2.52. The van der Waals surface area contributed by atoms with Gasteiger partial charge in [-0.1, -0.05) is 6.08 Å². The minimum Gasteiger partial charge on any atom is -0.465 e. The summed E-state index contributed by atoms with van der Waals surface area (Å²) in [7, 11) is 0. The summed E-state index contributed by atoms with van der Waals surface area (Å²) in [6, 6.07) is 4.15. The van der Waals surface area contributed by atoms with Crippen LogP contribution >= 0.6 is 0 Å². The number of aryl methyl sites for hydroxylation is 1. The summed E-state index contributed by atoms with van der Waals surface area (Å²) >= 11 is 0. The predicted molar refractivity (Wildman–Crippen MR) is 79.6 cm³/mol. The van der Waals surface area contributed by atoms with Crippen molar-refractivity contribution in [2.75, 3.05) is 19.7 Å². The third kappa shape index (κ3) is 2.99. The molecule has 1 saturated heterocycles. The van der Waals surface area contributed by atoms with Gasteiger partial charge in [-0.15, -0.1) is 6.58 Å². The minimum absolute atomic E-state index is 0.479. The maximum atomic E-state index is 5.73. The third-order valence-electron chi connectivity index (χ3n) is 4.86. The molecule has 0 bridgehead atoms. The number of furan rings is 1. The van der Waals surface area contributed by atoms with Gasteiger partial charge < -0.3 is 9.15 Å². The molecule has 0 amide bonds. The second-order valence-corrected chi connectivity index (χ2v) is 6.44. The molecule has 0 unspecified atom stereocenters. The lowest BCUT2D eigenvalue weighted by atomic mass is 9.61. The standard InChI is InChI=1S/C17H25NO2/c1-3-10-19-16-11-17(12-16)6-8-18(9-7-17)13-15-5-4-14(2)20-15/h3-5,16H,1,6-13H2,2H3. The molecule has 3 rings (SSSR count). The molecular formula is C17H25NO2. The lowest BCUT2D eigenvalue weighted by Gasteiger charge is -2.51. The van der Waals surface area contributed by atoms with Gasteiger partial charge >= 0.3 is 0 Å². The number of hydrogen-bond acceptors (Lipinski definition) is 3. The fraction of sp³-hybridized carbons (Fsp3) is 0.647. The molecule has 1 spiro atoms. The first kappa shape index (κ1) is 13.9. The van der Waals surface area contributed by atoms with E-state index in [4.69, 9.17) is 9.15 Å². The van der Waals surface area contributed by atoms with Crippen molar-refractivity contribution in [2.45, 2.75) is 45.3 Å². The molecule has 2 heterocycles. The second kappa shape index (κ2) is 5.74. The number of rotatable bonds is 5. The van der Waals surface area contributed by atoms with E-state index >= 15 is 0 Å². The van der Waals surface area contributed by atoms with Crippen LogP contribution in [0.2, 0.25) is 0 Å². The molecule has 1 saturated carbocycles. The topological polar surface area (TPSA) is 25.6 Å². The lowest BCUT2D eigenvalue weighted by molar-refractivity contribution is -0.0984. The van der Waals surface area contributed by atoms with Crippen molar-refractivity contribution in [3.05, 3.63) is 36.3 Å². The van der Waals surface area contributed by atoms with Gasteiger partial charge in [-0.2, -0.15) is 0 Å². The third-order valence-corrected chi connectivity index (χ3v) is 4.86. The molecule has 2 aliphatic rings. The lowest BCUT2D eigenvalue weighted by Crippen LogP contribution is -2.49. The molecule has 3 heteroatoms. The number of nitrogens with zero attached hydrogens (tertiary/aromatic N) is 1. The first-order chi connectivity index (χ1) is 9.69. The highest BCUT2D eigenvalue weighted by Gasteiger charge is 2.46. The van der Waals surface area contributed by atoms with Crippen molar-refractivity contribution in [1.29, 1.82) is 0 Å². The highest BCUT2D eigenvalue weighted by Crippen LogP contribution is 2.50. The van der Waals surface area contributed by atoms with Crippen molar-refractivity contribution in [3.8, 4) is 0 Å². The molecule has 1 aromatic heterocycles. The summed E-state index contributed by atoms with van der Waals surface area (Å²) in [6.45, 7) is 9.75. The van der Waals surface area contributed by atoms with Gasteiger partial charge in [0.05, 0.1) is 19.3 Å². The molecule has 0 N–H and O–H groups in total. The smallest absolute Gasteiger partial charge is 0.118 e. The average molecular weight is 275 g/mol. The van der Waals surface area contributed by atoms with Crippen LogP contribution in [0.1, 0.15) is 37.2 Å². The maximum Gasteiger partial charge on any atom is 0.118 e. The molecule has 0 radical (unpaired) electrons. The number of piperidine rings is 1. The normalized spacial score (nSPS) is 22.9. The zero-order chi connectivity index (χ0) is 14.0. The van der Waals surface area contributed by atoms with E-state index in [2.05, 4.69) is 17.5 Å². The Kier molecular flexibility index (Phi) is 3.99. The Labute approximate surface area is 121 Å². The zero-order valence-electron chi connectivity index (χ0n) is 12.4. The van der Waals surface area contributed by atoms with Gasteiger partial charge in [0.1, 0.15) is 11.5 Å². The van der Waals surface area contributed by atoms with E-state index in [9.17, 15) is 0 Å². The molecule has 1 aliphatic heterocycles. The van der Waals surface area contributed by atoms with E-state index in [1.807, 2.05) is 19.1 Å². The molecule has 2 fully saturated rings. The van der Waals surface area contributed by atoms with Crippen molar-refractivity contribution in [2.24, 2.45) is 5.41 Å². The van der Waals surface area contributed by atoms with Crippen LogP contribution < -0.4 is 0 Å². The number of likely N-dealkylation sites (tertiary alicyclic amines) is 1. The molecule has 3 nitrogen and oxygen atoms in total. The van der Waals surface area contributed by atoms with Gasteiger partial charge in [0.2, 0.25) is 0 Å². The van der Waals surface area contributed by atoms with Gasteiger partial charge in [0, 0.05) is 0 Å².